The molecule has 1 atom stereocenters. The highest BCUT2D eigenvalue weighted by Gasteiger charge is 2.23. The van der Waals surface area contributed by atoms with E-state index in [2.05, 4.69) is 20.8 Å². The number of rotatable bonds is 6. The number of ether oxygens (including phenoxy) is 1. The van der Waals surface area contributed by atoms with E-state index < -0.39 is 10.9 Å². The third kappa shape index (κ3) is 3.00. The third-order valence-electron chi connectivity index (χ3n) is 4.88. The summed E-state index contributed by atoms with van der Waals surface area (Å²) in [5.74, 6) is 0.735. The molecule has 28 heavy (non-hydrogen) atoms. The highest BCUT2D eigenvalue weighted by Crippen LogP contribution is 2.28. The molecule has 142 valence electrons. The van der Waals surface area contributed by atoms with E-state index in [9.17, 15) is 9.59 Å². The second-order valence-electron chi connectivity index (χ2n) is 6.80. The minimum Gasteiger partial charge on any atom is -0.497 e. The summed E-state index contributed by atoms with van der Waals surface area (Å²) in [6.07, 6.45) is 1.72. The average molecular weight is 376 g/mol. The van der Waals surface area contributed by atoms with Crippen molar-refractivity contribution in [3.63, 3.8) is 0 Å². The second-order valence-corrected chi connectivity index (χ2v) is 6.80. The van der Waals surface area contributed by atoms with Crippen LogP contribution < -0.4 is 26.2 Å². The van der Waals surface area contributed by atoms with Gasteiger partial charge in [-0.2, -0.15) is 5.10 Å². The lowest BCUT2D eigenvalue weighted by molar-refractivity contribution is 0.414. The number of benzene rings is 2. The summed E-state index contributed by atoms with van der Waals surface area (Å²) in [7, 11) is 1.61. The maximum atomic E-state index is 12.1. The van der Waals surface area contributed by atoms with E-state index in [0.29, 0.717) is 5.69 Å². The first-order chi connectivity index (χ1) is 13.5. The number of aryl methyl sites for hydroxylation is 1. The van der Waals surface area contributed by atoms with Crippen molar-refractivity contribution < 1.29 is 4.74 Å². The van der Waals surface area contributed by atoms with Gasteiger partial charge in [0, 0.05) is 17.1 Å². The number of methoxy groups -OCH3 is 1. The van der Waals surface area contributed by atoms with Gasteiger partial charge in [0.2, 0.25) is 0 Å². The first-order valence-corrected chi connectivity index (χ1v) is 8.92. The third-order valence-corrected chi connectivity index (χ3v) is 4.88. The normalized spacial score (nSPS) is 12.2. The number of hydrogen-bond donors (Lipinski definition) is 3. The molecule has 0 aliphatic heterocycles. The lowest BCUT2D eigenvalue weighted by Gasteiger charge is -2.20. The Morgan fingerprint density at radius 2 is 1.89 bits per heavy atom. The fourth-order valence-corrected chi connectivity index (χ4v) is 3.31. The molecule has 0 bridgehead atoms. The summed E-state index contributed by atoms with van der Waals surface area (Å²) < 4.78 is 5.25. The van der Waals surface area contributed by atoms with Crippen molar-refractivity contribution in [2.75, 3.05) is 17.7 Å². The number of aromatic amines is 1. The van der Waals surface area contributed by atoms with Crippen LogP contribution in [0.25, 0.3) is 10.9 Å². The fourth-order valence-electron chi connectivity index (χ4n) is 3.31. The predicted molar refractivity (Wildman–Crippen MR) is 110 cm³/mol. The molecule has 3 aromatic carbocycles. The van der Waals surface area contributed by atoms with Crippen LogP contribution >= 0.6 is 0 Å². The first-order valence-electron chi connectivity index (χ1n) is 8.92. The van der Waals surface area contributed by atoms with Crippen molar-refractivity contribution in [3.05, 3.63) is 74.2 Å². The van der Waals surface area contributed by atoms with Crippen molar-refractivity contribution in [3.8, 4) is 5.75 Å². The smallest absolute Gasteiger partial charge is 0.253 e. The van der Waals surface area contributed by atoms with Crippen molar-refractivity contribution in [1.82, 2.24) is 10.2 Å². The van der Waals surface area contributed by atoms with Gasteiger partial charge in [-0.1, -0.05) is 12.1 Å². The minimum atomic E-state index is -0.523. The van der Waals surface area contributed by atoms with Crippen LogP contribution in [-0.2, 0) is 0 Å². The molecule has 0 aliphatic carbocycles. The summed E-state index contributed by atoms with van der Waals surface area (Å²) in [5.41, 5.74) is 3.16. The molecule has 0 unspecified atom stereocenters. The predicted octanol–water partition coefficient (Wildman–Crippen LogP) is 3.39. The Morgan fingerprint density at radius 1 is 1.11 bits per heavy atom. The van der Waals surface area contributed by atoms with Gasteiger partial charge in [-0.05, 0) is 49.2 Å². The maximum Gasteiger partial charge on any atom is 0.253 e. The molecular weight excluding hydrogens is 356 g/mol. The van der Waals surface area contributed by atoms with Crippen LogP contribution in [-0.4, -0.2) is 17.3 Å². The van der Waals surface area contributed by atoms with Crippen LogP contribution in [0.3, 0.4) is 0 Å². The zero-order chi connectivity index (χ0) is 19.8. The number of fused-ring (bicyclic) bond motifs is 1. The van der Waals surface area contributed by atoms with Crippen LogP contribution in [0, 0.1) is 6.92 Å². The van der Waals surface area contributed by atoms with E-state index in [1.165, 1.54) is 0 Å². The van der Waals surface area contributed by atoms with Crippen molar-refractivity contribution in [1.29, 1.82) is 0 Å². The van der Waals surface area contributed by atoms with Crippen LogP contribution in [0.5, 0.6) is 5.75 Å². The molecule has 0 amide bonds. The average Bonchev–Trinajstić information content (AvgIpc) is 3.19. The van der Waals surface area contributed by atoms with E-state index in [4.69, 9.17) is 4.74 Å². The van der Waals surface area contributed by atoms with Crippen molar-refractivity contribution >= 4 is 28.0 Å². The molecule has 4 aromatic rings. The van der Waals surface area contributed by atoms with Gasteiger partial charge in [-0.3, -0.25) is 14.7 Å². The lowest BCUT2D eigenvalue weighted by atomic mass is 10.1. The summed E-state index contributed by atoms with van der Waals surface area (Å²) in [4.78, 5) is 24.3. The molecule has 0 radical (unpaired) electrons. The van der Waals surface area contributed by atoms with Crippen LogP contribution in [0.4, 0.5) is 17.1 Å². The molecule has 1 heterocycles. The molecule has 4 rings (SSSR count). The van der Waals surface area contributed by atoms with E-state index in [-0.39, 0.29) is 11.7 Å². The van der Waals surface area contributed by atoms with Crippen LogP contribution in [0.1, 0.15) is 24.1 Å². The Bertz CT molecular complexity index is 1230. The lowest BCUT2D eigenvalue weighted by Crippen LogP contribution is -2.37. The molecule has 7 heteroatoms. The van der Waals surface area contributed by atoms with Gasteiger partial charge in [0.15, 0.2) is 0 Å². The molecule has 0 spiro atoms. The standard InChI is InChI=1S/C21H20N4O3/c1-11-7-15(8-14-10-22-25-17(11)14)24-19-18(20(26)21(19)27)23-12(2)13-5-4-6-16(9-13)28-3/h4-10,12,23-24H,1-3H3,(H,22,25)/t12-/m0/s1. The quantitative estimate of drug-likeness (QED) is 0.447. The molecule has 3 N–H and O–H groups in total. The highest BCUT2D eigenvalue weighted by atomic mass is 16.5. The summed E-state index contributed by atoms with van der Waals surface area (Å²) in [6, 6.07) is 11.2. The number of nitrogens with one attached hydrogen (secondary N) is 3. The van der Waals surface area contributed by atoms with Gasteiger partial charge in [0.05, 0.1) is 18.8 Å². The number of hydrogen-bond acceptors (Lipinski definition) is 6. The molecular formula is C21H20N4O3. The van der Waals surface area contributed by atoms with E-state index in [1.807, 2.05) is 50.2 Å². The SMILES string of the molecule is COc1cccc([C@H](C)Nc2c(Nc3cc(C)c4[nH]ncc4c3)c(=O)c2=O)c1. The molecule has 0 aliphatic rings. The van der Waals surface area contributed by atoms with Crippen molar-refractivity contribution in [2.24, 2.45) is 0 Å². The van der Waals surface area contributed by atoms with Gasteiger partial charge in [0.1, 0.15) is 17.1 Å². The zero-order valence-electron chi connectivity index (χ0n) is 15.8. The van der Waals surface area contributed by atoms with Gasteiger partial charge < -0.3 is 15.4 Å². The summed E-state index contributed by atoms with van der Waals surface area (Å²) in [5, 5.41) is 14.2. The number of anilines is 3. The number of aromatic nitrogens is 2. The van der Waals surface area contributed by atoms with E-state index in [1.54, 1.807) is 13.3 Å². The Kier molecular flexibility index (Phi) is 4.35. The summed E-state index contributed by atoms with van der Waals surface area (Å²) in [6.45, 7) is 3.88. The fraction of sp³-hybridized carbons (Fsp3) is 0.190. The first kappa shape index (κ1) is 17.8. The van der Waals surface area contributed by atoms with Crippen molar-refractivity contribution in [2.45, 2.75) is 19.9 Å². The Hall–Kier alpha value is -3.61. The second kappa shape index (κ2) is 6.84. The summed E-state index contributed by atoms with van der Waals surface area (Å²) >= 11 is 0. The Balaban J connectivity index is 1.60. The Labute approximate surface area is 161 Å². The van der Waals surface area contributed by atoms with Gasteiger partial charge in [-0.15, -0.1) is 0 Å². The highest BCUT2D eigenvalue weighted by molar-refractivity contribution is 5.88. The number of H-pyrrole nitrogens is 1. The van der Waals surface area contributed by atoms with Gasteiger partial charge >= 0.3 is 0 Å². The molecule has 0 saturated heterocycles. The molecule has 7 nitrogen and oxygen atoms in total. The van der Waals surface area contributed by atoms with E-state index >= 15 is 0 Å². The zero-order valence-corrected chi connectivity index (χ0v) is 15.8. The largest absolute Gasteiger partial charge is 0.497 e. The Morgan fingerprint density at radius 3 is 2.68 bits per heavy atom. The van der Waals surface area contributed by atoms with Gasteiger partial charge in [0.25, 0.3) is 10.9 Å². The monoisotopic (exact) mass is 376 g/mol. The van der Waals surface area contributed by atoms with Crippen LogP contribution in [0.15, 0.2) is 52.2 Å². The molecule has 0 fully saturated rings. The van der Waals surface area contributed by atoms with Crippen LogP contribution in [0.2, 0.25) is 0 Å². The van der Waals surface area contributed by atoms with E-state index in [0.717, 1.165) is 33.5 Å². The maximum absolute atomic E-state index is 12.1. The number of nitrogens with zero attached hydrogens (tertiary/aromatic N) is 1. The molecule has 1 aromatic heterocycles. The minimum absolute atomic E-state index is 0.169. The van der Waals surface area contributed by atoms with Gasteiger partial charge in [-0.25, -0.2) is 0 Å². The topological polar surface area (TPSA) is 96.1 Å². The molecule has 0 saturated carbocycles.